The topological polar surface area (TPSA) is 55.4 Å². The van der Waals surface area contributed by atoms with E-state index in [0.29, 0.717) is 10.2 Å². The van der Waals surface area contributed by atoms with Crippen LogP contribution in [0, 0.1) is 0 Å². The molecule has 1 aliphatic rings. The molecule has 3 rings (SSSR count). The van der Waals surface area contributed by atoms with Gasteiger partial charge in [0.2, 0.25) is 10.0 Å². The summed E-state index contributed by atoms with van der Waals surface area (Å²) in [5, 5.41) is 0. The van der Waals surface area contributed by atoms with E-state index in [-0.39, 0.29) is 10.9 Å². The third-order valence-electron chi connectivity index (χ3n) is 3.85. The Hall–Kier alpha value is -1.37. The summed E-state index contributed by atoms with van der Waals surface area (Å²) in [6.07, 6.45) is 1.66. The van der Waals surface area contributed by atoms with Crippen LogP contribution < -0.4 is 9.46 Å². The summed E-state index contributed by atoms with van der Waals surface area (Å²) < 4.78 is 34.1. The van der Waals surface area contributed by atoms with Gasteiger partial charge in [0.15, 0.2) is 0 Å². The molecule has 0 aromatic heterocycles. The van der Waals surface area contributed by atoms with E-state index < -0.39 is 10.0 Å². The molecular formula is C16H16BrNO3S. The Labute approximate surface area is 138 Å². The van der Waals surface area contributed by atoms with Gasteiger partial charge in [0.05, 0.1) is 7.11 Å². The van der Waals surface area contributed by atoms with Crippen molar-refractivity contribution in [2.75, 3.05) is 7.11 Å². The maximum absolute atomic E-state index is 12.7. The van der Waals surface area contributed by atoms with Crippen molar-refractivity contribution in [2.45, 2.75) is 23.8 Å². The number of sulfonamides is 1. The zero-order valence-corrected chi connectivity index (χ0v) is 14.4. The second kappa shape index (κ2) is 6.02. The van der Waals surface area contributed by atoms with Gasteiger partial charge >= 0.3 is 0 Å². The zero-order valence-electron chi connectivity index (χ0n) is 12.0. The predicted octanol–water partition coefficient (Wildman–Crippen LogP) is 3.42. The van der Waals surface area contributed by atoms with Crippen molar-refractivity contribution in [1.29, 1.82) is 0 Å². The molecule has 1 aliphatic carbocycles. The summed E-state index contributed by atoms with van der Waals surface area (Å²) in [5.74, 6) is 0.335. The van der Waals surface area contributed by atoms with Crippen molar-refractivity contribution in [2.24, 2.45) is 0 Å². The molecule has 0 bridgehead atoms. The average Bonchev–Trinajstić information content (AvgIpc) is 2.90. The summed E-state index contributed by atoms with van der Waals surface area (Å²) in [6, 6.07) is 12.7. The molecule has 0 radical (unpaired) electrons. The highest BCUT2D eigenvalue weighted by Gasteiger charge is 2.28. The molecule has 4 nitrogen and oxygen atoms in total. The van der Waals surface area contributed by atoms with Crippen molar-refractivity contribution in [3.05, 3.63) is 58.1 Å². The number of benzene rings is 2. The number of rotatable bonds is 4. The Balaban J connectivity index is 1.94. The molecule has 2 aromatic carbocycles. The maximum Gasteiger partial charge on any atom is 0.244 e. The van der Waals surface area contributed by atoms with Crippen LogP contribution in [0.3, 0.4) is 0 Å². The van der Waals surface area contributed by atoms with Gasteiger partial charge in [-0.15, -0.1) is 0 Å². The highest BCUT2D eigenvalue weighted by Crippen LogP contribution is 2.34. The van der Waals surface area contributed by atoms with Crippen LogP contribution in [0.4, 0.5) is 0 Å². The first-order valence-electron chi connectivity index (χ1n) is 6.95. The molecule has 0 saturated carbocycles. The average molecular weight is 382 g/mol. The number of hydrogen-bond acceptors (Lipinski definition) is 3. The SMILES string of the molecule is COc1ccc(Br)cc1S(=O)(=O)N[C@@H]1CCc2ccccc21. The van der Waals surface area contributed by atoms with Crippen molar-refractivity contribution in [3.8, 4) is 5.75 Å². The lowest BCUT2D eigenvalue weighted by molar-refractivity contribution is 0.402. The first-order valence-corrected chi connectivity index (χ1v) is 9.22. The molecule has 0 spiro atoms. The van der Waals surface area contributed by atoms with Crippen LogP contribution in [-0.4, -0.2) is 15.5 Å². The Morgan fingerprint density at radius 2 is 2.00 bits per heavy atom. The summed E-state index contributed by atoms with van der Waals surface area (Å²) in [5.41, 5.74) is 2.26. The van der Waals surface area contributed by atoms with E-state index in [9.17, 15) is 8.42 Å². The molecule has 0 saturated heterocycles. The van der Waals surface area contributed by atoms with Gasteiger partial charge in [-0.25, -0.2) is 13.1 Å². The van der Waals surface area contributed by atoms with Crippen LogP contribution in [0.15, 0.2) is 51.8 Å². The van der Waals surface area contributed by atoms with Crippen molar-refractivity contribution < 1.29 is 13.2 Å². The van der Waals surface area contributed by atoms with E-state index in [2.05, 4.69) is 20.7 Å². The van der Waals surface area contributed by atoms with Gasteiger partial charge in [0.25, 0.3) is 0 Å². The number of ether oxygens (including phenoxy) is 1. The largest absolute Gasteiger partial charge is 0.495 e. The predicted molar refractivity (Wildman–Crippen MR) is 88.5 cm³/mol. The molecule has 6 heteroatoms. The van der Waals surface area contributed by atoms with Crippen LogP contribution in [0.1, 0.15) is 23.6 Å². The molecule has 2 aromatic rings. The molecule has 22 heavy (non-hydrogen) atoms. The Morgan fingerprint density at radius 1 is 1.23 bits per heavy atom. The van der Waals surface area contributed by atoms with Crippen LogP contribution in [-0.2, 0) is 16.4 Å². The number of fused-ring (bicyclic) bond motifs is 1. The quantitative estimate of drug-likeness (QED) is 0.882. The number of halogens is 1. The van der Waals surface area contributed by atoms with E-state index in [1.54, 1.807) is 18.2 Å². The third kappa shape index (κ3) is 2.91. The minimum atomic E-state index is -3.66. The summed E-state index contributed by atoms with van der Waals surface area (Å²) in [4.78, 5) is 0.147. The second-order valence-electron chi connectivity index (χ2n) is 5.21. The van der Waals surface area contributed by atoms with Crippen LogP contribution in [0.25, 0.3) is 0 Å². The molecule has 1 atom stereocenters. The Bertz CT molecular complexity index is 805. The van der Waals surface area contributed by atoms with E-state index in [1.165, 1.54) is 12.7 Å². The summed E-state index contributed by atoms with van der Waals surface area (Å²) in [6.45, 7) is 0. The Kier molecular flexibility index (Phi) is 4.25. The molecule has 0 unspecified atom stereocenters. The molecule has 0 heterocycles. The lowest BCUT2D eigenvalue weighted by Crippen LogP contribution is -2.27. The van der Waals surface area contributed by atoms with Crippen LogP contribution in [0.2, 0.25) is 0 Å². The molecule has 0 aliphatic heterocycles. The van der Waals surface area contributed by atoms with Gasteiger partial charge in [-0.1, -0.05) is 40.2 Å². The van der Waals surface area contributed by atoms with Gasteiger partial charge in [-0.05, 0) is 42.2 Å². The smallest absolute Gasteiger partial charge is 0.244 e. The van der Waals surface area contributed by atoms with Gasteiger partial charge in [-0.3, -0.25) is 0 Å². The lowest BCUT2D eigenvalue weighted by Gasteiger charge is -2.16. The number of aryl methyl sites for hydroxylation is 1. The molecular weight excluding hydrogens is 366 g/mol. The fraction of sp³-hybridized carbons (Fsp3) is 0.250. The van der Waals surface area contributed by atoms with Gasteiger partial charge in [0, 0.05) is 10.5 Å². The molecule has 116 valence electrons. The zero-order chi connectivity index (χ0) is 15.7. The van der Waals surface area contributed by atoms with Gasteiger partial charge in [-0.2, -0.15) is 0 Å². The lowest BCUT2D eigenvalue weighted by atomic mass is 10.1. The normalized spacial score (nSPS) is 17.3. The van der Waals surface area contributed by atoms with E-state index in [0.717, 1.165) is 18.4 Å². The first kappa shape index (κ1) is 15.5. The van der Waals surface area contributed by atoms with Crippen molar-refractivity contribution in [3.63, 3.8) is 0 Å². The third-order valence-corrected chi connectivity index (χ3v) is 5.83. The second-order valence-corrected chi connectivity index (χ2v) is 7.80. The molecule has 0 fully saturated rings. The van der Waals surface area contributed by atoms with Crippen molar-refractivity contribution in [1.82, 2.24) is 4.72 Å². The van der Waals surface area contributed by atoms with E-state index in [1.807, 2.05) is 24.3 Å². The highest BCUT2D eigenvalue weighted by molar-refractivity contribution is 9.10. The molecule has 0 amide bonds. The summed E-state index contributed by atoms with van der Waals surface area (Å²) >= 11 is 3.31. The van der Waals surface area contributed by atoms with Crippen molar-refractivity contribution >= 4 is 26.0 Å². The van der Waals surface area contributed by atoms with E-state index in [4.69, 9.17) is 4.74 Å². The van der Waals surface area contributed by atoms with Gasteiger partial charge < -0.3 is 4.74 Å². The maximum atomic E-state index is 12.7. The van der Waals surface area contributed by atoms with E-state index >= 15 is 0 Å². The fourth-order valence-corrected chi connectivity index (χ4v) is 4.75. The minimum Gasteiger partial charge on any atom is -0.495 e. The number of methoxy groups -OCH3 is 1. The fourth-order valence-electron chi connectivity index (χ4n) is 2.79. The standard InChI is InChI=1S/C16H16BrNO3S/c1-21-15-9-7-12(17)10-16(15)22(19,20)18-14-8-6-11-4-2-3-5-13(11)14/h2-5,7,9-10,14,18H,6,8H2,1H3/t14-/m1/s1. The first-order chi connectivity index (χ1) is 10.5. The number of hydrogen-bond donors (Lipinski definition) is 1. The number of nitrogens with one attached hydrogen (secondary N) is 1. The van der Waals surface area contributed by atoms with Crippen LogP contribution in [0.5, 0.6) is 5.75 Å². The molecule has 1 N–H and O–H groups in total. The summed E-state index contributed by atoms with van der Waals surface area (Å²) in [7, 11) is -2.19. The minimum absolute atomic E-state index is 0.147. The highest BCUT2D eigenvalue weighted by atomic mass is 79.9. The van der Waals surface area contributed by atoms with Crippen LogP contribution >= 0.6 is 15.9 Å². The monoisotopic (exact) mass is 381 g/mol. The van der Waals surface area contributed by atoms with Gasteiger partial charge in [0.1, 0.15) is 10.6 Å². The Morgan fingerprint density at radius 3 is 2.77 bits per heavy atom.